The molecule has 0 saturated carbocycles. The van der Waals surface area contributed by atoms with E-state index in [4.69, 9.17) is 9.84 Å². The normalized spacial score (nSPS) is 10.4. The maximum absolute atomic E-state index is 8.86. The third-order valence-corrected chi connectivity index (χ3v) is 2.28. The van der Waals surface area contributed by atoms with Crippen molar-refractivity contribution in [1.29, 1.82) is 0 Å². The van der Waals surface area contributed by atoms with E-state index in [0.717, 1.165) is 25.5 Å². The van der Waals surface area contributed by atoms with Gasteiger partial charge in [0.2, 0.25) is 0 Å². The highest BCUT2D eigenvalue weighted by Gasteiger charge is 2.05. The zero-order valence-corrected chi connectivity index (χ0v) is 9.89. The highest BCUT2D eigenvalue weighted by molar-refractivity contribution is 5.36. The molecule has 5 nitrogen and oxygen atoms in total. The summed E-state index contributed by atoms with van der Waals surface area (Å²) in [5.74, 6) is 0.819. The molecule has 0 fully saturated rings. The minimum Gasteiger partial charge on any atom is -0.390 e. The molecule has 1 rings (SSSR count). The van der Waals surface area contributed by atoms with Crippen molar-refractivity contribution in [2.75, 3.05) is 31.2 Å². The predicted molar refractivity (Wildman–Crippen MR) is 62.3 cm³/mol. The highest BCUT2D eigenvalue weighted by atomic mass is 16.5. The standard InChI is InChI=1S/C11H19N3O2/c1-3-14(7-8-16-4-2)11-6-5-10(9-15)12-13-11/h5-6,15H,3-4,7-9H2,1-2H3. The first-order valence-electron chi connectivity index (χ1n) is 5.58. The molecule has 0 atom stereocenters. The van der Waals surface area contributed by atoms with E-state index in [-0.39, 0.29) is 6.61 Å². The fraction of sp³-hybridized carbons (Fsp3) is 0.636. The number of nitrogens with zero attached hydrogens (tertiary/aromatic N) is 3. The summed E-state index contributed by atoms with van der Waals surface area (Å²) in [6.45, 7) is 7.05. The molecule has 90 valence electrons. The van der Waals surface area contributed by atoms with Crippen molar-refractivity contribution in [3.05, 3.63) is 17.8 Å². The van der Waals surface area contributed by atoms with Crippen LogP contribution in [-0.2, 0) is 11.3 Å². The summed E-state index contributed by atoms with van der Waals surface area (Å²) >= 11 is 0. The molecule has 0 aliphatic carbocycles. The van der Waals surface area contributed by atoms with Crippen LogP contribution in [0.15, 0.2) is 12.1 Å². The molecule has 1 aromatic rings. The van der Waals surface area contributed by atoms with E-state index >= 15 is 0 Å². The summed E-state index contributed by atoms with van der Waals surface area (Å²) in [6, 6.07) is 3.65. The molecule has 0 bridgehead atoms. The summed E-state index contributed by atoms with van der Waals surface area (Å²) in [5.41, 5.74) is 0.588. The maximum atomic E-state index is 8.86. The topological polar surface area (TPSA) is 58.5 Å². The molecule has 1 aromatic heterocycles. The van der Waals surface area contributed by atoms with Crippen molar-refractivity contribution in [3.8, 4) is 0 Å². The van der Waals surface area contributed by atoms with Crippen molar-refractivity contribution in [1.82, 2.24) is 10.2 Å². The van der Waals surface area contributed by atoms with Gasteiger partial charge in [-0.25, -0.2) is 0 Å². The first-order chi connectivity index (χ1) is 7.81. The smallest absolute Gasteiger partial charge is 0.151 e. The Morgan fingerprint density at radius 1 is 1.31 bits per heavy atom. The van der Waals surface area contributed by atoms with Crippen molar-refractivity contribution in [3.63, 3.8) is 0 Å². The Morgan fingerprint density at radius 3 is 2.62 bits per heavy atom. The third kappa shape index (κ3) is 3.75. The van der Waals surface area contributed by atoms with Crippen molar-refractivity contribution >= 4 is 5.82 Å². The van der Waals surface area contributed by atoms with Gasteiger partial charge >= 0.3 is 0 Å². The molecule has 0 radical (unpaired) electrons. The largest absolute Gasteiger partial charge is 0.390 e. The molecule has 0 unspecified atom stereocenters. The molecule has 0 aromatic carbocycles. The van der Waals surface area contributed by atoms with Gasteiger partial charge in [0.15, 0.2) is 5.82 Å². The van der Waals surface area contributed by atoms with Crippen molar-refractivity contribution in [2.45, 2.75) is 20.5 Å². The van der Waals surface area contributed by atoms with E-state index in [1.54, 1.807) is 6.07 Å². The van der Waals surface area contributed by atoms with Gasteiger partial charge in [0.1, 0.15) is 0 Å². The van der Waals surface area contributed by atoms with Crippen LogP contribution in [0, 0.1) is 0 Å². The highest BCUT2D eigenvalue weighted by Crippen LogP contribution is 2.08. The first-order valence-corrected chi connectivity index (χ1v) is 5.58. The Bertz CT molecular complexity index is 290. The van der Waals surface area contributed by atoms with E-state index in [1.807, 2.05) is 13.0 Å². The van der Waals surface area contributed by atoms with E-state index in [2.05, 4.69) is 22.0 Å². The molecule has 16 heavy (non-hydrogen) atoms. The van der Waals surface area contributed by atoms with Crippen LogP contribution in [0.2, 0.25) is 0 Å². The summed E-state index contributed by atoms with van der Waals surface area (Å²) in [6.07, 6.45) is 0. The second kappa shape index (κ2) is 7.14. The van der Waals surface area contributed by atoms with Crippen LogP contribution in [0.3, 0.4) is 0 Å². The monoisotopic (exact) mass is 225 g/mol. The molecule has 1 heterocycles. The molecule has 0 aliphatic heterocycles. The van der Waals surface area contributed by atoms with E-state index < -0.39 is 0 Å². The van der Waals surface area contributed by atoms with Crippen LogP contribution >= 0.6 is 0 Å². The van der Waals surface area contributed by atoms with Gasteiger partial charge in [-0.1, -0.05) is 0 Å². The summed E-state index contributed by atoms with van der Waals surface area (Å²) in [5, 5.41) is 16.8. The Morgan fingerprint density at radius 2 is 2.12 bits per heavy atom. The van der Waals surface area contributed by atoms with E-state index in [0.29, 0.717) is 12.3 Å². The average molecular weight is 225 g/mol. The fourth-order valence-corrected chi connectivity index (χ4v) is 1.36. The summed E-state index contributed by atoms with van der Waals surface area (Å²) < 4.78 is 5.30. The van der Waals surface area contributed by atoms with Crippen molar-refractivity contribution in [2.24, 2.45) is 0 Å². The van der Waals surface area contributed by atoms with Crippen LogP contribution in [0.1, 0.15) is 19.5 Å². The Labute approximate surface area is 96.1 Å². The number of likely N-dealkylation sites (N-methyl/N-ethyl adjacent to an activating group) is 1. The number of aliphatic hydroxyl groups is 1. The molecule has 0 spiro atoms. The second-order valence-corrected chi connectivity index (χ2v) is 3.32. The Hall–Kier alpha value is -1.20. The fourth-order valence-electron chi connectivity index (χ4n) is 1.36. The predicted octanol–water partition coefficient (Wildman–Crippen LogP) is 0.832. The Balaban J connectivity index is 2.56. The van der Waals surface area contributed by atoms with E-state index in [1.165, 1.54) is 0 Å². The molecular weight excluding hydrogens is 206 g/mol. The van der Waals surface area contributed by atoms with Crippen LogP contribution in [0.5, 0.6) is 0 Å². The van der Waals surface area contributed by atoms with Crippen LogP contribution in [0.4, 0.5) is 5.82 Å². The van der Waals surface area contributed by atoms with Crippen molar-refractivity contribution < 1.29 is 9.84 Å². The lowest BCUT2D eigenvalue weighted by Crippen LogP contribution is -2.28. The number of anilines is 1. The van der Waals surface area contributed by atoms with Gasteiger partial charge in [0, 0.05) is 19.7 Å². The lowest BCUT2D eigenvalue weighted by atomic mass is 10.4. The van der Waals surface area contributed by atoms with Gasteiger partial charge in [0.25, 0.3) is 0 Å². The van der Waals surface area contributed by atoms with Gasteiger partial charge in [-0.2, -0.15) is 5.10 Å². The SMILES string of the molecule is CCOCCN(CC)c1ccc(CO)nn1. The zero-order valence-electron chi connectivity index (χ0n) is 9.89. The van der Waals surface area contributed by atoms with Gasteiger partial charge in [-0.05, 0) is 26.0 Å². The van der Waals surface area contributed by atoms with Gasteiger partial charge < -0.3 is 14.7 Å². The van der Waals surface area contributed by atoms with Gasteiger partial charge in [0.05, 0.1) is 18.9 Å². The number of rotatable bonds is 7. The lowest BCUT2D eigenvalue weighted by Gasteiger charge is -2.21. The summed E-state index contributed by atoms with van der Waals surface area (Å²) in [7, 11) is 0. The first kappa shape index (κ1) is 12.9. The molecule has 1 N–H and O–H groups in total. The second-order valence-electron chi connectivity index (χ2n) is 3.32. The molecular formula is C11H19N3O2. The number of hydrogen-bond acceptors (Lipinski definition) is 5. The maximum Gasteiger partial charge on any atom is 0.151 e. The molecule has 0 amide bonds. The van der Waals surface area contributed by atoms with Crippen LogP contribution in [0.25, 0.3) is 0 Å². The van der Waals surface area contributed by atoms with Crippen LogP contribution in [-0.4, -0.2) is 41.6 Å². The minimum atomic E-state index is -0.0711. The number of ether oxygens (including phenoxy) is 1. The van der Waals surface area contributed by atoms with Gasteiger partial charge in [-0.15, -0.1) is 5.10 Å². The van der Waals surface area contributed by atoms with Crippen LogP contribution < -0.4 is 4.90 Å². The average Bonchev–Trinajstić information content (AvgIpc) is 2.35. The third-order valence-electron chi connectivity index (χ3n) is 2.28. The van der Waals surface area contributed by atoms with E-state index in [9.17, 15) is 0 Å². The quantitative estimate of drug-likeness (QED) is 0.697. The molecule has 0 saturated heterocycles. The number of hydrogen-bond donors (Lipinski definition) is 1. The molecule has 5 heteroatoms. The zero-order chi connectivity index (χ0) is 11.8. The number of aromatic nitrogens is 2. The Kier molecular flexibility index (Phi) is 5.74. The summed E-state index contributed by atoms with van der Waals surface area (Å²) in [4.78, 5) is 2.09. The number of aliphatic hydroxyl groups excluding tert-OH is 1. The minimum absolute atomic E-state index is 0.0711. The van der Waals surface area contributed by atoms with Gasteiger partial charge in [-0.3, -0.25) is 0 Å². The molecule has 0 aliphatic rings. The lowest BCUT2D eigenvalue weighted by molar-refractivity contribution is 0.154.